The van der Waals surface area contributed by atoms with E-state index in [0.717, 1.165) is 25.3 Å². The summed E-state index contributed by atoms with van der Waals surface area (Å²) in [5, 5.41) is 0. The fourth-order valence-corrected chi connectivity index (χ4v) is 2.37. The first-order chi connectivity index (χ1) is 9.70. The van der Waals surface area contributed by atoms with Crippen LogP contribution in [-0.2, 0) is 20.8 Å². The number of hydrogen-bond donors (Lipinski definition) is 0. The highest BCUT2D eigenvalue weighted by Gasteiger charge is 2.22. The maximum atomic E-state index is 12.4. The molecule has 112 valence electrons. The number of nitrogens with zero attached hydrogens (tertiary/aromatic N) is 3. The predicted molar refractivity (Wildman–Crippen MR) is 74.4 cm³/mol. The maximum Gasteiger partial charge on any atom is 0.242 e. The molecule has 1 atom stereocenters. The molecule has 0 radical (unpaired) electrons. The Morgan fingerprint density at radius 1 is 1.65 bits per heavy atom. The molecule has 20 heavy (non-hydrogen) atoms. The number of ether oxygens (including phenoxy) is 2. The minimum Gasteiger partial charge on any atom is -0.383 e. The van der Waals surface area contributed by atoms with Gasteiger partial charge in [0, 0.05) is 39.2 Å². The van der Waals surface area contributed by atoms with Crippen LogP contribution in [0.25, 0.3) is 0 Å². The second-order valence-corrected chi connectivity index (χ2v) is 5.07. The molecule has 0 saturated carbocycles. The van der Waals surface area contributed by atoms with Crippen molar-refractivity contribution in [3.8, 4) is 0 Å². The van der Waals surface area contributed by atoms with Gasteiger partial charge in [0.1, 0.15) is 12.4 Å². The van der Waals surface area contributed by atoms with Gasteiger partial charge in [0.15, 0.2) is 0 Å². The molecule has 1 fully saturated rings. The van der Waals surface area contributed by atoms with Crippen LogP contribution in [0.2, 0.25) is 0 Å². The molecular weight excluding hydrogens is 258 g/mol. The van der Waals surface area contributed by atoms with E-state index in [2.05, 4.69) is 4.98 Å². The van der Waals surface area contributed by atoms with E-state index in [0.29, 0.717) is 26.2 Å². The fraction of sp³-hybridized carbons (Fsp3) is 0.714. The Labute approximate surface area is 119 Å². The first-order valence-electron chi connectivity index (χ1n) is 7.06. The first kappa shape index (κ1) is 15.0. The Morgan fingerprint density at radius 2 is 2.50 bits per heavy atom. The number of hydrogen-bond acceptors (Lipinski definition) is 4. The summed E-state index contributed by atoms with van der Waals surface area (Å²) in [6.45, 7) is 4.81. The second kappa shape index (κ2) is 7.40. The predicted octanol–water partition coefficient (Wildman–Crippen LogP) is 0.846. The van der Waals surface area contributed by atoms with Crippen LogP contribution in [0.4, 0.5) is 0 Å². The summed E-state index contributed by atoms with van der Waals surface area (Å²) < 4.78 is 12.6. The van der Waals surface area contributed by atoms with E-state index in [1.54, 1.807) is 13.3 Å². The molecule has 0 aromatic carbocycles. The van der Waals surface area contributed by atoms with Gasteiger partial charge in [0.2, 0.25) is 5.91 Å². The number of rotatable bonds is 7. The molecule has 0 unspecified atom stereocenters. The van der Waals surface area contributed by atoms with Crippen LogP contribution in [-0.4, -0.2) is 59.9 Å². The number of methoxy groups -OCH3 is 1. The van der Waals surface area contributed by atoms with Crippen molar-refractivity contribution >= 4 is 5.91 Å². The third kappa shape index (κ3) is 4.05. The van der Waals surface area contributed by atoms with Gasteiger partial charge in [-0.1, -0.05) is 0 Å². The van der Waals surface area contributed by atoms with Gasteiger partial charge in [-0.05, 0) is 19.8 Å². The molecule has 0 N–H and O–H groups in total. The van der Waals surface area contributed by atoms with Crippen LogP contribution >= 0.6 is 0 Å². The quantitative estimate of drug-likeness (QED) is 0.743. The molecule has 1 saturated heterocycles. The van der Waals surface area contributed by atoms with E-state index in [-0.39, 0.29) is 12.0 Å². The summed E-state index contributed by atoms with van der Waals surface area (Å²) in [5.41, 5.74) is 0. The summed E-state index contributed by atoms with van der Waals surface area (Å²) in [6.07, 6.45) is 5.81. The van der Waals surface area contributed by atoms with Crippen LogP contribution in [0.1, 0.15) is 18.7 Å². The Morgan fingerprint density at radius 3 is 3.10 bits per heavy atom. The van der Waals surface area contributed by atoms with Gasteiger partial charge in [-0.3, -0.25) is 4.79 Å². The molecule has 2 heterocycles. The van der Waals surface area contributed by atoms with E-state index in [9.17, 15) is 4.79 Å². The van der Waals surface area contributed by atoms with Crippen molar-refractivity contribution in [3.05, 3.63) is 18.2 Å². The molecular formula is C14H23N3O3. The molecule has 6 nitrogen and oxygen atoms in total. The maximum absolute atomic E-state index is 12.4. The topological polar surface area (TPSA) is 56.6 Å². The molecule has 1 aromatic rings. The molecule has 1 amide bonds. The Bertz CT molecular complexity index is 427. The van der Waals surface area contributed by atoms with Crippen molar-refractivity contribution in [1.82, 2.24) is 14.5 Å². The van der Waals surface area contributed by atoms with Gasteiger partial charge in [-0.25, -0.2) is 4.98 Å². The Hall–Kier alpha value is -1.40. The molecule has 2 rings (SSSR count). The van der Waals surface area contributed by atoms with Gasteiger partial charge in [0.25, 0.3) is 0 Å². The Kier molecular flexibility index (Phi) is 5.55. The van der Waals surface area contributed by atoms with Crippen molar-refractivity contribution in [3.63, 3.8) is 0 Å². The van der Waals surface area contributed by atoms with Crippen LogP contribution in [0.3, 0.4) is 0 Å². The van der Waals surface area contributed by atoms with E-state index in [4.69, 9.17) is 9.47 Å². The highest BCUT2D eigenvalue weighted by Crippen LogP contribution is 2.13. The molecule has 6 heteroatoms. The van der Waals surface area contributed by atoms with Gasteiger partial charge < -0.3 is 18.9 Å². The zero-order valence-electron chi connectivity index (χ0n) is 12.2. The second-order valence-electron chi connectivity index (χ2n) is 5.07. The summed E-state index contributed by atoms with van der Waals surface area (Å²) >= 11 is 0. The van der Waals surface area contributed by atoms with E-state index in [1.807, 2.05) is 22.6 Å². The molecule has 1 aromatic heterocycles. The van der Waals surface area contributed by atoms with Gasteiger partial charge in [-0.15, -0.1) is 0 Å². The largest absolute Gasteiger partial charge is 0.383 e. The monoisotopic (exact) mass is 281 g/mol. The lowest BCUT2D eigenvalue weighted by Crippen LogP contribution is -2.41. The molecule has 0 bridgehead atoms. The molecule has 0 aliphatic carbocycles. The van der Waals surface area contributed by atoms with E-state index < -0.39 is 0 Å². The average molecular weight is 281 g/mol. The number of aromatic nitrogens is 2. The molecule has 1 aliphatic heterocycles. The van der Waals surface area contributed by atoms with Crippen LogP contribution < -0.4 is 0 Å². The minimum absolute atomic E-state index is 0.0821. The van der Waals surface area contributed by atoms with Crippen molar-refractivity contribution in [2.75, 3.05) is 33.4 Å². The van der Waals surface area contributed by atoms with E-state index >= 15 is 0 Å². The molecule has 1 aliphatic rings. The number of imidazole rings is 1. The van der Waals surface area contributed by atoms with E-state index in [1.165, 1.54) is 0 Å². The van der Waals surface area contributed by atoms with Gasteiger partial charge >= 0.3 is 0 Å². The first-order valence-corrected chi connectivity index (χ1v) is 7.06. The lowest BCUT2D eigenvalue weighted by molar-refractivity contribution is -0.134. The summed E-state index contributed by atoms with van der Waals surface area (Å²) in [4.78, 5) is 18.4. The highest BCUT2D eigenvalue weighted by atomic mass is 16.5. The summed E-state index contributed by atoms with van der Waals surface area (Å²) in [6, 6.07) is 0. The standard InChI is InChI=1S/C14H23N3O3/c1-12-15-5-6-16(12)11-14(18)17(7-9-19-2)10-13-4-3-8-20-13/h5-6,13H,3-4,7-11H2,1-2H3/t13-/m1/s1. The minimum atomic E-state index is 0.0821. The summed E-state index contributed by atoms with van der Waals surface area (Å²) in [7, 11) is 1.65. The third-order valence-electron chi connectivity index (χ3n) is 3.60. The van der Waals surface area contributed by atoms with Crippen LogP contribution in [0, 0.1) is 6.92 Å². The molecule has 0 spiro atoms. The lowest BCUT2D eigenvalue weighted by atomic mass is 10.2. The number of aryl methyl sites for hydroxylation is 1. The van der Waals surface area contributed by atoms with Crippen molar-refractivity contribution in [2.45, 2.75) is 32.4 Å². The number of amides is 1. The normalized spacial score (nSPS) is 18.4. The summed E-state index contributed by atoms with van der Waals surface area (Å²) in [5.74, 6) is 0.931. The van der Waals surface area contributed by atoms with Gasteiger partial charge in [-0.2, -0.15) is 0 Å². The fourth-order valence-electron chi connectivity index (χ4n) is 2.37. The lowest BCUT2D eigenvalue weighted by Gasteiger charge is -2.25. The Balaban J connectivity index is 1.93. The van der Waals surface area contributed by atoms with Crippen molar-refractivity contribution in [1.29, 1.82) is 0 Å². The SMILES string of the molecule is COCCN(C[C@H]1CCCO1)C(=O)Cn1ccnc1C. The number of carbonyl (C=O) groups is 1. The zero-order valence-corrected chi connectivity index (χ0v) is 12.2. The van der Waals surface area contributed by atoms with Crippen LogP contribution in [0.15, 0.2) is 12.4 Å². The van der Waals surface area contributed by atoms with Crippen molar-refractivity contribution < 1.29 is 14.3 Å². The highest BCUT2D eigenvalue weighted by molar-refractivity contribution is 5.76. The van der Waals surface area contributed by atoms with Crippen molar-refractivity contribution in [2.24, 2.45) is 0 Å². The average Bonchev–Trinajstić information content (AvgIpc) is 3.07. The third-order valence-corrected chi connectivity index (χ3v) is 3.60. The zero-order chi connectivity index (χ0) is 14.4. The number of carbonyl (C=O) groups excluding carboxylic acids is 1. The van der Waals surface area contributed by atoms with Gasteiger partial charge in [0.05, 0.1) is 12.7 Å². The van der Waals surface area contributed by atoms with Crippen LogP contribution in [0.5, 0.6) is 0 Å². The smallest absolute Gasteiger partial charge is 0.242 e.